The fraction of sp³-hybridized carbons (Fsp3) is 0.533. The number of amides is 1. The number of nitrogens with zero attached hydrogens (tertiary/aromatic N) is 2. The van der Waals surface area contributed by atoms with Gasteiger partial charge in [0.2, 0.25) is 0 Å². The van der Waals surface area contributed by atoms with Gasteiger partial charge in [-0.2, -0.15) is 0 Å². The minimum absolute atomic E-state index is 0.0824. The molecule has 0 radical (unpaired) electrons. The third-order valence-electron chi connectivity index (χ3n) is 3.33. The predicted molar refractivity (Wildman–Crippen MR) is 85.1 cm³/mol. The maximum Gasteiger partial charge on any atom is 0.416 e. The Balaban J connectivity index is 2.23. The molecule has 1 saturated heterocycles. The number of pyridine rings is 1. The summed E-state index contributed by atoms with van der Waals surface area (Å²) in [4.78, 5) is 18.0. The summed E-state index contributed by atoms with van der Waals surface area (Å²) < 4.78 is 10.9. The van der Waals surface area contributed by atoms with E-state index in [-0.39, 0.29) is 16.4 Å². The Morgan fingerprint density at radius 3 is 2.71 bits per heavy atom. The zero-order valence-corrected chi connectivity index (χ0v) is 13.9. The van der Waals surface area contributed by atoms with Crippen molar-refractivity contribution in [2.24, 2.45) is 0 Å². The summed E-state index contributed by atoms with van der Waals surface area (Å²) in [5.41, 5.74) is 0.295. The molecule has 1 aromatic heterocycles. The number of carbonyl (C=O) groups is 1. The second kappa shape index (κ2) is 6.10. The van der Waals surface area contributed by atoms with Gasteiger partial charge in [-0.25, -0.2) is 9.78 Å². The highest BCUT2D eigenvalue weighted by Gasteiger charge is 2.42. The Kier molecular flexibility index (Phi) is 4.61. The van der Waals surface area contributed by atoms with Crippen molar-refractivity contribution in [3.8, 4) is 5.18 Å². The number of aromatic nitrogens is 1. The first-order valence-electron chi connectivity index (χ1n) is 6.67. The van der Waals surface area contributed by atoms with E-state index in [1.54, 1.807) is 13.3 Å². The van der Waals surface area contributed by atoms with Gasteiger partial charge in [-0.15, -0.1) is 12.5 Å². The Morgan fingerprint density at radius 2 is 2.19 bits per heavy atom. The Morgan fingerprint density at radius 1 is 1.48 bits per heavy atom. The molecule has 21 heavy (non-hydrogen) atoms. The van der Waals surface area contributed by atoms with Crippen molar-refractivity contribution in [1.29, 1.82) is 0 Å². The number of rotatable bonds is 2. The highest BCUT2D eigenvalue weighted by Crippen LogP contribution is 2.27. The van der Waals surface area contributed by atoms with E-state index in [1.165, 1.54) is 4.90 Å². The number of anilines is 1. The molecule has 1 aromatic rings. The van der Waals surface area contributed by atoms with Gasteiger partial charge in [0.05, 0.1) is 6.54 Å². The summed E-state index contributed by atoms with van der Waals surface area (Å²) in [5, 5.41) is 3.29. The molecule has 1 unspecified atom stereocenters. The highest BCUT2D eigenvalue weighted by atomic mass is 32.2. The van der Waals surface area contributed by atoms with E-state index in [0.29, 0.717) is 12.4 Å². The zero-order valence-electron chi connectivity index (χ0n) is 13.0. The first-order valence-corrected chi connectivity index (χ1v) is 8.71. The van der Waals surface area contributed by atoms with Gasteiger partial charge in [-0.3, -0.25) is 10.1 Å². The monoisotopic (exact) mass is 309 g/mol. The smallest absolute Gasteiger partial charge is 0.416 e. The summed E-state index contributed by atoms with van der Waals surface area (Å²) >= 11 is 0. The van der Waals surface area contributed by atoms with Gasteiger partial charge in [0.15, 0.2) is 0 Å². The van der Waals surface area contributed by atoms with Crippen molar-refractivity contribution in [3.63, 3.8) is 0 Å². The van der Waals surface area contributed by atoms with Crippen LogP contribution in [0.15, 0.2) is 18.3 Å². The number of hydrogen-bond acceptors (Lipinski definition) is 5. The topological polar surface area (TPSA) is 51.7 Å². The van der Waals surface area contributed by atoms with Crippen molar-refractivity contribution in [2.75, 3.05) is 31.1 Å². The van der Waals surface area contributed by atoms with Gasteiger partial charge in [-0.05, 0) is 26.0 Å². The van der Waals surface area contributed by atoms with Gasteiger partial charge in [0, 0.05) is 18.9 Å². The van der Waals surface area contributed by atoms with E-state index < -0.39 is 11.7 Å². The van der Waals surface area contributed by atoms with Crippen molar-refractivity contribution >= 4 is 22.2 Å². The average Bonchev–Trinajstić information content (AvgIpc) is 2.38. The van der Waals surface area contributed by atoms with E-state index in [0.717, 1.165) is 5.56 Å². The number of cyclic esters (lactones) is 1. The molecule has 2 rings (SSSR count). The highest BCUT2D eigenvalue weighted by molar-refractivity contribution is 7.85. The third-order valence-corrected chi connectivity index (χ3v) is 3.97. The summed E-state index contributed by atoms with van der Waals surface area (Å²) in [5.74, 6) is 0.565. The van der Waals surface area contributed by atoms with E-state index in [2.05, 4.69) is 22.7 Å². The molecule has 0 N–H and O–H groups in total. The molecule has 116 valence electrons. The SMILES string of the molecule is COC1CN(c2ccc(C#[S-](C)C)cn2)C(=O)OC1(C)C. The second-order valence-electron chi connectivity index (χ2n) is 5.63. The van der Waals surface area contributed by atoms with Gasteiger partial charge in [0.25, 0.3) is 0 Å². The fourth-order valence-electron chi connectivity index (χ4n) is 2.19. The zero-order chi connectivity index (χ0) is 15.6. The number of hydrogen-bond donors (Lipinski definition) is 0. The minimum atomic E-state index is -0.636. The average molecular weight is 309 g/mol. The molecule has 1 aliphatic rings. The van der Waals surface area contributed by atoms with Crippen LogP contribution >= 0.6 is 0 Å². The summed E-state index contributed by atoms with van der Waals surface area (Å²) in [6, 6.07) is 3.71. The van der Waals surface area contributed by atoms with Crippen LogP contribution in [0, 0.1) is 5.18 Å². The summed E-state index contributed by atoms with van der Waals surface area (Å²) in [7, 11) is 1.70. The number of ether oxygens (including phenoxy) is 2. The van der Waals surface area contributed by atoms with Crippen LogP contribution in [0.4, 0.5) is 10.6 Å². The molecule has 6 heteroatoms. The van der Waals surface area contributed by atoms with Crippen LogP contribution < -0.4 is 4.90 Å². The van der Waals surface area contributed by atoms with Crippen molar-refractivity contribution in [2.45, 2.75) is 25.6 Å². The maximum atomic E-state index is 12.1. The number of carbonyl (C=O) groups excluding carboxylic acids is 1. The molecule has 0 aliphatic carbocycles. The van der Waals surface area contributed by atoms with Crippen LogP contribution in [0.5, 0.6) is 0 Å². The molecular weight excluding hydrogens is 288 g/mol. The molecule has 0 saturated carbocycles. The fourth-order valence-corrected chi connectivity index (χ4v) is 2.79. The Hall–Kier alpha value is -1.49. The maximum absolute atomic E-state index is 12.1. The molecule has 1 atom stereocenters. The molecular formula is C15H21N2O3S-. The lowest BCUT2D eigenvalue weighted by Crippen LogP contribution is -2.57. The van der Waals surface area contributed by atoms with Crippen molar-refractivity contribution in [1.82, 2.24) is 4.98 Å². The molecule has 5 nitrogen and oxygen atoms in total. The quantitative estimate of drug-likeness (QED) is 0.784. The van der Waals surface area contributed by atoms with Crippen LogP contribution in [-0.4, -0.2) is 48.9 Å². The van der Waals surface area contributed by atoms with Crippen LogP contribution in [0.1, 0.15) is 19.4 Å². The Bertz CT molecular complexity index is 607. The molecule has 2 heterocycles. The van der Waals surface area contributed by atoms with Gasteiger partial charge >= 0.3 is 6.09 Å². The van der Waals surface area contributed by atoms with Crippen LogP contribution in [0.3, 0.4) is 0 Å². The molecule has 0 aromatic carbocycles. The van der Waals surface area contributed by atoms with Crippen molar-refractivity contribution < 1.29 is 14.3 Å². The van der Waals surface area contributed by atoms with Crippen molar-refractivity contribution in [3.05, 3.63) is 23.9 Å². The molecule has 1 aliphatic heterocycles. The molecule has 1 amide bonds. The van der Waals surface area contributed by atoms with Gasteiger partial charge < -0.3 is 19.8 Å². The lowest BCUT2D eigenvalue weighted by Gasteiger charge is -2.41. The Labute approximate surface area is 127 Å². The summed E-state index contributed by atoms with van der Waals surface area (Å²) in [6.07, 6.45) is 5.29. The van der Waals surface area contributed by atoms with E-state index in [9.17, 15) is 4.79 Å². The lowest BCUT2D eigenvalue weighted by molar-refractivity contribution is -0.0858. The molecule has 1 fully saturated rings. The lowest BCUT2D eigenvalue weighted by atomic mass is 9.99. The predicted octanol–water partition coefficient (Wildman–Crippen LogP) is 2.02. The molecule has 0 bridgehead atoms. The van der Waals surface area contributed by atoms with Crippen LogP contribution in [0.25, 0.3) is 0 Å². The van der Waals surface area contributed by atoms with Gasteiger partial charge in [-0.1, -0.05) is 0 Å². The van der Waals surface area contributed by atoms with Crippen LogP contribution in [0.2, 0.25) is 0 Å². The minimum Gasteiger partial charge on any atom is -0.455 e. The first-order chi connectivity index (χ1) is 9.83. The van der Waals surface area contributed by atoms with Crippen LogP contribution in [-0.2, 0) is 19.8 Å². The normalized spacial score (nSPS) is 21.1. The number of methoxy groups -OCH3 is 1. The largest absolute Gasteiger partial charge is 0.455 e. The van der Waals surface area contributed by atoms with Gasteiger partial charge in [0.1, 0.15) is 17.5 Å². The summed E-state index contributed by atoms with van der Waals surface area (Å²) in [6.45, 7) is 4.12. The second-order valence-corrected chi connectivity index (χ2v) is 7.47. The van der Waals surface area contributed by atoms with E-state index in [4.69, 9.17) is 9.47 Å². The van der Waals surface area contributed by atoms with E-state index >= 15 is 0 Å². The first kappa shape index (κ1) is 15.9. The van der Waals surface area contributed by atoms with E-state index in [1.807, 2.05) is 26.0 Å². The molecule has 0 spiro atoms. The third kappa shape index (κ3) is 3.59. The standard InChI is InChI=1S/C15H21N2O3S/c1-15(2)12(19-3)9-17(14(18)20-15)13-7-6-11(8-16-13)10-21(4)5/h6-8,12H,9H2,1-5H3/q-1.